The van der Waals surface area contributed by atoms with Gasteiger partial charge in [-0.25, -0.2) is 4.98 Å². The predicted molar refractivity (Wildman–Crippen MR) is 167 cm³/mol. The predicted octanol–water partition coefficient (Wildman–Crippen LogP) is 6.22. The van der Waals surface area contributed by atoms with Gasteiger partial charge in [-0.1, -0.05) is 48.4 Å². The van der Waals surface area contributed by atoms with Gasteiger partial charge >= 0.3 is 0 Å². The van der Waals surface area contributed by atoms with Crippen LogP contribution in [0.25, 0.3) is 28.0 Å². The Hall–Kier alpha value is -3.68. The molecule has 2 aromatic carbocycles. The second-order valence-electron chi connectivity index (χ2n) is 11.7. The fourth-order valence-electron chi connectivity index (χ4n) is 6.47. The molecular weight excluding hydrogens is 524 g/mol. The SMILES string of the molecule is CCOc1cccc(-c2ccc3nc(-c4ccc(C)cc4)c(CN4CCN(C(=O)[C@@H]5CCC[C@@H](OC)C5)CC4)n3c2)c1. The van der Waals surface area contributed by atoms with E-state index in [1.165, 1.54) is 11.3 Å². The van der Waals surface area contributed by atoms with Crippen molar-refractivity contribution in [3.05, 3.63) is 78.1 Å². The summed E-state index contributed by atoms with van der Waals surface area (Å²) in [4.78, 5) is 23.0. The summed E-state index contributed by atoms with van der Waals surface area (Å²) in [7, 11) is 1.77. The van der Waals surface area contributed by atoms with Crippen LogP contribution in [0.1, 0.15) is 43.9 Å². The fourth-order valence-corrected chi connectivity index (χ4v) is 6.47. The van der Waals surface area contributed by atoms with Crippen LogP contribution in [0.4, 0.5) is 0 Å². The Kier molecular flexibility index (Phi) is 8.58. The van der Waals surface area contributed by atoms with Crippen molar-refractivity contribution >= 4 is 11.6 Å². The fraction of sp³-hybridized carbons (Fsp3) is 0.429. The number of hydrogen-bond acceptors (Lipinski definition) is 5. The van der Waals surface area contributed by atoms with Gasteiger partial charge in [-0.15, -0.1) is 0 Å². The number of fused-ring (bicyclic) bond motifs is 1. The zero-order chi connectivity index (χ0) is 29.1. The van der Waals surface area contributed by atoms with Crippen LogP contribution in [0, 0.1) is 12.8 Å². The molecule has 0 spiro atoms. The summed E-state index contributed by atoms with van der Waals surface area (Å²) in [5.41, 5.74) is 7.71. The lowest BCUT2D eigenvalue weighted by molar-refractivity contribution is -0.140. The van der Waals surface area contributed by atoms with Crippen LogP contribution < -0.4 is 4.74 Å². The van der Waals surface area contributed by atoms with Gasteiger partial charge in [0.15, 0.2) is 0 Å². The molecule has 1 aliphatic heterocycles. The van der Waals surface area contributed by atoms with E-state index >= 15 is 0 Å². The molecule has 6 rings (SSSR count). The quantitative estimate of drug-likeness (QED) is 0.253. The van der Waals surface area contributed by atoms with Gasteiger partial charge in [-0.05, 0) is 68.5 Å². The molecule has 42 heavy (non-hydrogen) atoms. The normalized spacial score (nSPS) is 19.7. The van der Waals surface area contributed by atoms with Gasteiger partial charge in [0.25, 0.3) is 0 Å². The van der Waals surface area contributed by atoms with Gasteiger partial charge < -0.3 is 18.8 Å². The van der Waals surface area contributed by atoms with Crippen molar-refractivity contribution in [3.63, 3.8) is 0 Å². The summed E-state index contributed by atoms with van der Waals surface area (Å²) in [5.74, 6) is 1.28. The number of ether oxygens (including phenoxy) is 2. The number of piperazine rings is 1. The first kappa shape index (κ1) is 28.4. The topological polar surface area (TPSA) is 59.3 Å². The highest BCUT2D eigenvalue weighted by atomic mass is 16.5. The molecule has 2 fully saturated rings. The molecule has 1 aliphatic carbocycles. The average Bonchev–Trinajstić information content (AvgIpc) is 3.39. The molecule has 1 saturated carbocycles. The highest BCUT2D eigenvalue weighted by Crippen LogP contribution is 2.31. The largest absolute Gasteiger partial charge is 0.494 e. The van der Waals surface area contributed by atoms with Crippen LogP contribution in [-0.4, -0.2) is 71.1 Å². The molecule has 1 amide bonds. The van der Waals surface area contributed by atoms with E-state index in [9.17, 15) is 4.79 Å². The Morgan fingerprint density at radius 2 is 1.74 bits per heavy atom. The van der Waals surface area contributed by atoms with E-state index in [0.717, 1.165) is 92.2 Å². The van der Waals surface area contributed by atoms with Crippen molar-refractivity contribution in [1.82, 2.24) is 19.2 Å². The van der Waals surface area contributed by atoms with Crippen LogP contribution in [0.2, 0.25) is 0 Å². The Labute approximate surface area is 249 Å². The number of methoxy groups -OCH3 is 1. The molecule has 0 N–H and O–H groups in total. The number of hydrogen-bond donors (Lipinski definition) is 0. The molecule has 7 heteroatoms. The smallest absolute Gasteiger partial charge is 0.225 e. The lowest BCUT2D eigenvalue weighted by atomic mass is 9.86. The van der Waals surface area contributed by atoms with Crippen LogP contribution in [-0.2, 0) is 16.1 Å². The molecule has 4 aromatic rings. The van der Waals surface area contributed by atoms with Crippen molar-refractivity contribution in [2.45, 2.75) is 52.2 Å². The van der Waals surface area contributed by atoms with E-state index in [4.69, 9.17) is 14.5 Å². The molecular formula is C35H42N4O3. The summed E-state index contributed by atoms with van der Waals surface area (Å²) in [6.07, 6.45) is 6.40. The molecule has 3 heterocycles. The molecule has 0 bridgehead atoms. The first-order valence-corrected chi connectivity index (χ1v) is 15.4. The Morgan fingerprint density at radius 3 is 2.50 bits per heavy atom. The molecule has 2 aromatic heterocycles. The third kappa shape index (κ3) is 6.08. The minimum absolute atomic E-state index is 0.0989. The number of pyridine rings is 1. The summed E-state index contributed by atoms with van der Waals surface area (Å²) in [6, 6.07) is 21.1. The second kappa shape index (κ2) is 12.7. The number of rotatable bonds is 8. The maximum Gasteiger partial charge on any atom is 0.225 e. The lowest BCUT2D eigenvalue weighted by Gasteiger charge is -2.38. The first-order valence-electron chi connectivity index (χ1n) is 15.4. The molecule has 0 radical (unpaired) electrons. The van der Waals surface area contributed by atoms with E-state index in [-0.39, 0.29) is 12.0 Å². The first-order chi connectivity index (χ1) is 20.5. The number of imidazole rings is 1. The average molecular weight is 567 g/mol. The standard InChI is InChI=1S/C35H42N4O3/c1-4-42-31-10-5-7-27(21-31)29-15-16-33-36-34(26-13-11-25(2)12-14-26)32(39(33)23-29)24-37-17-19-38(20-18-37)35(40)28-8-6-9-30(22-28)41-3/h5,7,10-16,21,23,28,30H,4,6,8-9,17-20,22,24H2,1-3H3/t28-,30-/m1/s1. The molecule has 1 saturated heterocycles. The Bertz CT molecular complexity index is 1520. The van der Waals surface area contributed by atoms with E-state index in [1.54, 1.807) is 7.11 Å². The van der Waals surface area contributed by atoms with Crippen LogP contribution in [0.3, 0.4) is 0 Å². The van der Waals surface area contributed by atoms with Gasteiger partial charge in [0.05, 0.1) is 24.1 Å². The molecule has 7 nitrogen and oxygen atoms in total. The third-order valence-electron chi connectivity index (χ3n) is 8.89. The number of aryl methyl sites for hydroxylation is 1. The van der Waals surface area contributed by atoms with E-state index in [2.05, 4.69) is 75.9 Å². The van der Waals surface area contributed by atoms with Gasteiger partial charge in [0.1, 0.15) is 11.4 Å². The third-order valence-corrected chi connectivity index (χ3v) is 8.89. The van der Waals surface area contributed by atoms with Gasteiger partial charge in [-0.3, -0.25) is 9.69 Å². The summed E-state index contributed by atoms with van der Waals surface area (Å²) < 4.78 is 13.6. The minimum Gasteiger partial charge on any atom is -0.494 e. The number of carbonyl (C=O) groups is 1. The maximum absolute atomic E-state index is 13.3. The van der Waals surface area contributed by atoms with E-state index in [1.807, 2.05) is 19.1 Å². The van der Waals surface area contributed by atoms with Crippen LogP contribution in [0.5, 0.6) is 5.75 Å². The minimum atomic E-state index is 0.0989. The van der Waals surface area contributed by atoms with Crippen molar-refractivity contribution in [3.8, 4) is 28.1 Å². The highest BCUT2D eigenvalue weighted by molar-refractivity contribution is 5.79. The van der Waals surface area contributed by atoms with E-state index < -0.39 is 0 Å². The van der Waals surface area contributed by atoms with Crippen LogP contribution >= 0.6 is 0 Å². The van der Waals surface area contributed by atoms with Crippen molar-refractivity contribution < 1.29 is 14.3 Å². The monoisotopic (exact) mass is 566 g/mol. The van der Waals surface area contributed by atoms with Gasteiger partial charge in [0, 0.05) is 57.5 Å². The number of aromatic nitrogens is 2. The summed E-state index contributed by atoms with van der Waals surface area (Å²) in [5, 5.41) is 0. The van der Waals surface area contributed by atoms with Gasteiger partial charge in [0.2, 0.25) is 5.91 Å². The molecule has 0 unspecified atom stereocenters. The van der Waals surface area contributed by atoms with Crippen molar-refractivity contribution in [1.29, 1.82) is 0 Å². The number of benzene rings is 2. The Morgan fingerprint density at radius 1 is 0.952 bits per heavy atom. The van der Waals surface area contributed by atoms with Crippen molar-refractivity contribution in [2.24, 2.45) is 5.92 Å². The highest BCUT2D eigenvalue weighted by Gasteiger charge is 2.32. The van der Waals surface area contributed by atoms with Gasteiger partial charge in [-0.2, -0.15) is 0 Å². The van der Waals surface area contributed by atoms with E-state index in [0.29, 0.717) is 12.5 Å². The lowest BCUT2D eigenvalue weighted by Crippen LogP contribution is -2.50. The number of carbonyl (C=O) groups excluding carboxylic acids is 1. The Balaban J connectivity index is 1.26. The number of nitrogens with zero attached hydrogens (tertiary/aromatic N) is 4. The summed E-state index contributed by atoms with van der Waals surface area (Å²) >= 11 is 0. The maximum atomic E-state index is 13.3. The number of amides is 1. The second-order valence-corrected chi connectivity index (χ2v) is 11.7. The molecule has 220 valence electrons. The zero-order valence-electron chi connectivity index (χ0n) is 25.1. The summed E-state index contributed by atoms with van der Waals surface area (Å²) in [6.45, 7) is 8.75. The van der Waals surface area contributed by atoms with Crippen molar-refractivity contribution in [2.75, 3.05) is 39.9 Å². The van der Waals surface area contributed by atoms with Crippen LogP contribution in [0.15, 0.2) is 66.9 Å². The molecule has 2 atom stereocenters. The molecule has 2 aliphatic rings. The zero-order valence-corrected chi connectivity index (χ0v) is 25.1.